The lowest BCUT2D eigenvalue weighted by Crippen LogP contribution is -2.00. The van der Waals surface area contributed by atoms with Crippen LogP contribution in [0.1, 0.15) is 34.0 Å². The second-order valence-electron chi connectivity index (χ2n) is 4.81. The number of rotatable bonds is 1. The highest BCUT2D eigenvalue weighted by atomic mass is 32.2. The summed E-state index contributed by atoms with van der Waals surface area (Å²) in [6.45, 7) is 1.56. The van der Waals surface area contributed by atoms with Gasteiger partial charge in [0.05, 0.1) is 16.6 Å². The molecule has 96 valence electrons. The van der Waals surface area contributed by atoms with Crippen LogP contribution in [-0.4, -0.2) is 9.99 Å². The summed E-state index contributed by atoms with van der Waals surface area (Å²) < 4.78 is 12.4. The predicted molar refractivity (Wildman–Crippen MR) is 75.8 cm³/mol. The van der Waals surface area contributed by atoms with Crippen molar-refractivity contribution < 1.29 is 9.00 Å². The Bertz CT molecular complexity index is 689. The van der Waals surface area contributed by atoms with Gasteiger partial charge in [0.2, 0.25) is 0 Å². The van der Waals surface area contributed by atoms with Gasteiger partial charge >= 0.3 is 0 Å². The Hall–Kier alpha value is -1.74. The molecule has 0 saturated carbocycles. The molecule has 0 fully saturated rings. The highest BCUT2D eigenvalue weighted by molar-refractivity contribution is 7.84. The first-order valence-corrected chi connectivity index (χ1v) is 7.56. The average Bonchev–Trinajstić information content (AvgIpc) is 2.54. The molecule has 1 heterocycles. The van der Waals surface area contributed by atoms with E-state index < -0.39 is 10.8 Å². The number of carbonyl (C=O) groups is 1. The van der Waals surface area contributed by atoms with Crippen LogP contribution in [0.5, 0.6) is 0 Å². The maximum absolute atomic E-state index is 12.4. The lowest BCUT2D eigenvalue weighted by Gasteiger charge is -2.06. The largest absolute Gasteiger partial charge is 0.295 e. The fourth-order valence-electron chi connectivity index (χ4n) is 2.45. The molecule has 3 rings (SSSR count). The first-order valence-electron chi connectivity index (χ1n) is 6.24. The molecule has 2 aromatic carbocycles. The van der Waals surface area contributed by atoms with Gasteiger partial charge in [0, 0.05) is 10.5 Å². The van der Waals surface area contributed by atoms with Crippen molar-refractivity contribution in [1.29, 1.82) is 0 Å². The molecule has 19 heavy (non-hydrogen) atoms. The lowest BCUT2D eigenvalue weighted by atomic mass is 9.99. The Morgan fingerprint density at radius 3 is 2.53 bits per heavy atom. The first-order chi connectivity index (χ1) is 9.15. The van der Waals surface area contributed by atoms with E-state index in [-0.39, 0.29) is 5.78 Å². The fourth-order valence-corrected chi connectivity index (χ4v) is 3.82. The molecule has 1 aliphatic rings. The van der Waals surface area contributed by atoms with Crippen LogP contribution in [0.4, 0.5) is 0 Å². The van der Waals surface area contributed by atoms with Crippen molar-refractivity contribution in [1.82, 2.24) is 0 Å². The van der Waals surface area contributed by atoms with Gasteiger partial charge in [-0.3, -0.25) is 9.00 Å². The van der Waals surface area contributed by atoms with Crippen LogP contribution in [0.15, 0.2) is 47.4 Å². The van der Waals surface area contributed by atoms with E-state index in [1.807, 2.05) is 30.3 Å². The van der Waals surface area contributed by atoms with Gasteiger partial charge < -0.3 is 0 Å². The molecule has 0 aliphatic carbocycles. The van der Waals surface area contributed by atoms with Gasteiger partial charge in [0.1, 0.15) is 0 Å². The van der Waals surface area contributed by atoms with Crippen LogP contribution in [0.2, 0.25) is 0 Å². The molecule has 2 nitrogen and oxygen atoms in total. The van der Waals surface area contributed by atoms with Crippen LogP contribution in [0, 0.1) is 0 Å². The SMILES string of the molecule is CC(=O)c1ccc2c(c1)Cc1ccccc1CS2=O. The molecule has 0 amide bonds. The average molecular weight is 270 g/mol. The predicted octanol–water partition coefficient (Wildman–Crippen LogP) is 3.10. The van der Waals surface area contributed by atoms with E-state index >= 15 is 0 Å². The van der Waals surface area contributed by atoms with E-state index in [0.717, 1.165) is 22.4 Å². The maximum Gasteiger partial charge on any atom is 0.159 e. The Kier molecular flexibility index (Phi) is 3.07. The molecule has 0 aromatic heterocycles. The van der Waals surface area contributed by atoms with Gasteiger partial charge in [-0.1, -0.05) is 30.3 Å². The summed E-state index contributed by atoms with van der Waals surface area (Å²) >= 11 is 0. The summed E-state index contributed by atoms with van der Waals surface area (Å²) in [6.07, 6.45) is 0.748. The van der Waals surface area contributed by atoms with E-state index in [1.165, 1.54) is 5.56 Å². The van der Waals surface area contributed by atoms with E-state index in [4.69, 9.17) is 0 Å². The smallest absolute Gasteiger partial charge is 0.159 e. The number of hydrogen-bond donors (Lipinski definition) is 0. The zero-order valence-corrected chi connectivity index (χ0v) is 11.5. The number of benzene rings is 2. The summed E-state index contributed by atoms with van der Waals surface area (Å²) in [4.78, 5) is 12.3. The lowest BCUT2D eigenvalue weighted by molar-refractivity contribution is 0.101. The summed E-state index contributed by atoms with van der Waals surface area (Å²) in [7, 11) is -1.03. The van der Waals surface area contributed by atoms with Gasteiger partial charge in [0.15, 0.2) is 5.78 Å². The molecule has 1 atom stereocenters. The maximum atomic E-state index is 12.4. The van der Waals surface area contributed by atoms with E-state index in [0.29, 0.717) is 11.3 Å². The van der Waals surface area contributed by atoms with Crippen molar-refractivity contribution in [2.45, 2.75) is 24.0 Å². The molecule has 3 heteroatoms. The number of Topliss-reactive ketones (excluding diaryl/α,β-unsaturated/α-hetero) is 1. The summed E-state index contributed by atoms with van der Waals surface area (Å²) in [6, 6.07) is 13.6. The van der Waals surface area contributed by atoms with Crippen molar-refractivity contribution in [2.75, 3.05) is 0 Å². The molecule has 0 bridgehead atoms. The van der Waals surface area contributed by atoms with Crippen molar-refractivity contribution in [3.05, 3.63) is 64.7 Å². The standard InChI is InChI=1S/C16H14O2S/c1-11(17)12-6-7-16-15(8-12)9-13-4-2-3-5-14(13)10-19(16)18/h2-8H,9-10H2,1H3. The topological polar surface area (TPSA) is 34.1 Å². The minimum absolute atomic E-state index is 0.0473. The second kappa shape index (κ2) is 4.74. The van der Waals surface area contributed by atoms with Crippen LogP contribution >= 0.6 is 0 Å². The molecule has 0 spiro atoms. The van der Waals surface area contributed by atoms with Crippen LogP contribution < -0.4 is 0 Å². The summed E-state index contributed by atoms with van der Waals surface area (Å²) in [5.41, 5.74) is 4.04. The minimum atomic E-state index is -1.03. The Morgan fingerprint density at radius 1 is 1.05 bits per heavy atom. The Labute approximate surface area is 114 Å². The molecular formula is C16H14O2S. The minimum Gasteiger partial charge on any atom is -0.295 e. The molecular weight excluding hydrogens is 256 g/mol. The van der Waals surface area contributed by atoms with E-state index in [1.54, 1.807) is 13.0 Å². The van der Waals surface area contributed by atoms with Gasteiger partial charge in [0.25, 0.3) is 0 Å². The highest BCUT2D eigenvalue weighted by Crippen LogP contribution is 2.28. The molecule has 0 saturated heterocycles. The first kappa shape index (κ1) is 12.3. The molecule has 1 aliphatic heterocycles. The van der Waals surface area contributed by atoms with Crippen LogP contribution in [-0.2, 0) is 23.0 Å². The fraction of sp³-hybridized carbons (Fsp3) is 0.188. The van der Waals surface area contributed by atoms with Gasteiger partial charge in [-0.15, -0.1) is 0 Å². The molecule has 0 radical (unpaired) electrons. The molecule has 0 N–H and O–H groups in total. The third-order valence-corrected chi connectivity index (χ3v) is 4.96. The zero-order chi connectivity index (χ0) is 13.4. The van der Waals surface area contributed by atoms with Gasteiger partial charge in [-0.2, -0.15) is 0 Å². The monoisotopic (exact) mass is 270 g/mol. The Morgan fingerprint density at radius 2 is 1.79 bits per heavy atom. The number of hydrogen-bond acceptors (Lipinski definition) is 2. The zero-order valence-electron chi connectivity index (χ0n) is 10.7. The molecule has 1 unspecified atom stereocenters. The normalized spacial score (nSPS) is 17.2. The third-order valence-electron chi connectivity index (χ3n) is 3.50. The second-order valence-corrected chi connectivity index (χ2v) is 6.23. The van der Waals surface area contributed by atoms with Crippen molar-refractivity contribution in [3.63, 3.8) is 0 Å². The van der Waals surface area contributed by atoms with Gasteiger partial charge in [-0.25, -0.2) is 0 Å². The summed E-state index contributed by atoms with van der Waals surface area (Å²) in [5.74, 6) is 0.605. The third kappa shape index (κ3) is 2.26. The number of carbonyl (C=O) groups excluding carboxylic acids is 1. The van der Waals surface area contributed by atoms with Crippen molar-refractivity contribution in [3.8, 4) is 0 Å². The van der Waals surface area contributed by atoms with Crippen LogP contribution in [0.3, 0.4) is 0 Å². The molecule has 2 aromatic rings. The van der Waals surface area contributed by atoms with Gasteiger partial charge in [-0.05, 0) is 42.2 Å². The van der Waals surface area contributed by atoms with Crippen molar-refractivity contribution >= 4 is 16.6 Å². The number of fused-ring (bicyclic) bond motifs is 2. The number of ketones is 1. The van der Waals surface area contributed by atoms with Crippen molar-refractivity contribution in [2.24, 2.45) is 0 Å². The highest BCUT2D eigenvalue weighted by Gasteiger charge is 2.19. The van der Waals surface area contributed by atoms with E-state index in [2.05, 4.69) is 6.07 Å². The summed E-state index contributed by atoms with van der Waals surface area (Å²) in [5, 5.41) is 0. The quantitative estimate of drug-likeness (QED) is 0.746. The van der Waals surface area contributed by atoms with Crippen LogP contribution in [0.25, 0.3) is 0 Å². The van der Waals surface area contributed by atoms with E-state index in [9.17, 15) is 9.00 Å². The Balaban J connectivity index is 2.15.